The molecule has 5 heteroatoms. The first-order valence-corrected chi connectivity index (χ1v) is 7.36. The number of aliphatic carboxylic acids is 1. The van der Waals surface area contributed by atoms with E-state index in [9.17, 15) is 14.7 Å². The maximum atomic E-state index is 12.2. The summed E-state index contributed by atoms with van der Waals surface area (Å²) < 4.78 is 0. The number of halogens is 1. The van der Waals surface area contributed by atoms with E-state index >= 15 is 0 Å². The summed E-state index contributed by atoms with van der Waals surface area (Å²) in [6.07, 6.45) is 0.233. The van der Waals surface area contributed by atoms with Crippen LogP contribution in [0.3, 0.4) is 0 Å². The number of carbonyl (C=O) groups excluding carboxylic acids is 1. The Morgan fingerprint density at radius 1 is 1.05 bits per heavy atom. The zero-order valence-corrected chi connectivity index (χ0v) is 12.6. The Bertz CT molecular complexity index is 658. The summed E-state index contributed by atoms with van der Waals surface area (Å²) in [5, 5.41) is 11.8. The van der Waals surface area contributed by atoms with Crippen molar-refractivity contribution < 1.29 is 14.7 Å². The van der Waals surface area contributed by atoms with Gasteiger partial charge in [0.05, 0.1) is 0 Å². The van der Waals surface area contributed by atoms with Crippen molar-refractivity contribution in [2.45, 2.75) is 18.3 Å². The number of alkyl halides is 1. The number of nitrogens with one attached hydrogen (secondary N) is 1. The average Bonchev–Trinajstić information content (AvgIpc) is 2.55. The number of amides is 1. The molecule has 1 atom stereocenters. The summed E-state index contributed by atoms with van der Waals surface area (Å²) in [7, 11) is 0. The van der Waals surface area contributed by atoms with Gasteiger partial charge >= 0.3 is 5.97 Å². The summed E-state index contributed by atoms with van der Waals surface area (Å²) in [5.41, 5.74) is 2.06. The minimum atomic E-state index is -1.06. The third-order valence-electron chi connectivity index (χ3n) is 3.23. The number of carboxylic acids is 1. The highest BCUT2D eigenvalue weighted by Crippen LogP contribution is 2.09. The van der Waals surface area contributed by atoms with Crippen molar-refractivity contribution in [3.05, 3.63) is 71.3 Å². The van der Waals surface area contributed by atoms with Gasteiger partial charge in [-0.25, -0.2) is 4.79 Å². The molecule has 0 aliphatic carbocycles. The number of benzene rings is 2. The Hall–Kier alpha value is -2.33. The highest BCUT2D eigenvalue weighted by molar-refractivity contribution is 6.17. The smallest absolute Gasteiger partial charge is 0.326 e. The molecule has 2 aromatic rings. The molecule has 0 spiro atoms. The van der Waals surface area contributed by atoms with Gasteiger partial charge in [0.2, 0.25) is 0 Å². The Balaban J connectivity index is 2.10. The first-order valence-electron chi connectivity index (χ1n) is 6.82. The molecular weight excluding hydrogens is 302 g/mol. The minimum Gasteiger partial charge on any atom is -0.480 e. The summed E-state index contributed by atoms with van der Waals surface area (Å²) in [6.45, 7) is 0. The van der Waals surface area contributed by atoms with Crippen molar-refractivity contribution in [1.29, 1.82) is 0 Å². The second kappa shape index (κ2) is 7.61. The first kappa shape index (κ1) is 16.0. The fourth-order valence-corrected chi connectivity index (χ4v) is 2.25. The van der Waals surface area contributed by atoms with E-state index < -0.39 is 17.9 Å². The van der Waals surface area contributed by atoms with Crippen molar-refractivity contribution in [3.8, 4) is 0 Å². The second-order valence-electron chi connectivity index (χ2n) is 4.89. The van der Waals surface area contributed by atoms with Crippen LogP contribution in [0.4, 0.5) is 0 Å². The van der Waals surface area contributed by atoms with Crippen LogP contribution in [0.15, 0.2) is 54.6 Å². The maximum absolute atomic E-state index is 12.2. The van der Waals surface area contributed by atoms with E-state index in [-0.39, 0.29) is 6.42 Å². The first-order chi connectivity index (χ1) is 10.6. The number of carboxylic acid groups (broad SMARTS) is 1. The lowest BCUT2D eigenvalue weighted by molar-refractivity contribution is -0.139. The molecule has 0 heterocycles. The van der Waals surface area contributed by atoms with Gasteiger partial charge in [0.25, 0.3) is 5.91 Å². The molecule has 0 saturated carbocycles. The van der Waals surface area contributed by atoms with Crippen molar-refractivity contribution in [1.82, 2.24) is 5.32 Å². The van der Waals surface area contributed by atoms with E-state index in [2.05, 4.69) is 5.32 Å². The lowest BCUT2D eigenvalue weighted by atomic mass is 10.1. The monoisotopic (exact) mass is 317 g/mol. The molecule has 0 bridgehead atoms. The average molecular weight is 318 g/mol. The summed E-state index contributed by atoms with van der Waals surface area (Å²) in [5.74, 6) is -1.19. The Morgan fingerprint density at radius 3 is 2.36 bits per heavy atom. The van der Waals surface area contributed by atoms with Gasteiger partial charge in [0.1, 0.15) is 6.04 Å². The van der Waals surface area contributed by atoms with Crippen LogP contribution in [0.2, 0.25) is 0 Å². The fourth-order valence-electron chi connectivity index (χ4n) is 2.09. The minimum absolute atomic E-state index is 0.233. The molecule has 0 aliphatic heterocycles. The van der Waals surface area contributed by atoms with Crippen LogP contribution in [-0.4, -0.2) is 23.0 Å². The summed E-state index contributed by atoms with van der Waals surface area (Å²) in [4.78, 5) is 23.6. The fraction of sp³-hybridized carbons (Fsp3) is 0.176. The number of hydrogen-bond donors (Lipinski definition) is 2. The van der Waals surface area contributed by atoms with Crippen LogP contribution in [-0.2, 0) is 17.1 Å². The summed E-state index contributed by atoms with van der Waals surface area (Å²) >= 11 is 5.74. The van der Waals surface area contributed by atoms with Crippen LogP contribution in [0, 0.1) is 0 Å². The largest absolute Gasteiger partial charge is 0.480 e. The van der Waals surface area contributed by atoms with Crippen molar-refractivity contribution >= 4 is 23.5 Å². The molecule has 4 nitrogen and oxygen atoms in total. The predicted molar refractivity (Wildman–Crippen MR) is 85.0 cm³/mol. The summed E-state index contributed by atoms with van der Waals surface area (Å²) in [6, 6.07) is 15.0. The van der Waals surface area contributed by atoms with Crippen LogP contribution in [0.5, 0.6) is 0 Å². The molecule has 22 heavy (non-hydrogen) atoms. The van der Waals surface area contributed by atoms with Crippen molar-refractivity contribution in [2.75, 3.05) is 0 Å². The zero-order chi connectivity index (χ0) is 15.9. The lowest BCUT2D eigenvalue weighted by Crippen LogP contribution is -2.42. The molecule has 0 aromatic heterocycles. The Morgan fingerprint density at radius 2 is 1.73 bits per heavy atom. The second-order valence-corrected chi connectivity index (χ2v) is 5.16. The number of carbonyl (C=O) groups is 2. The molecule has 0 fully saturated rings. The predicted octanol–water partition coefficient (Wildman–Crippen LogP) is 2.85. The highest BCUT2D eigenvalue weighted by atomic mass is 35.5. The molecule has 2 N–H and O–H groups in total. The molecule has 1 amide bonds. The zero-order valence-electron chi connectivity index (χ0n) is 11.8. The molecule has 114 valence electrons. The van der Waals surface area contributed by atoms with Gasteiger partial charge in [-0.15, -0.1) is 11.6 Å². The molecule has 1 unspecified atom stereocenters. The van der Waals surface area contributed by atoms with E-state index in [1.807, 2.05) is 36.4 Å². The number of hydrogen-bond acceptors (Lipinski definition) is 2. The van der Waals surface area contributed by atoms with Gasteiger partial charge in [0.15, 0.2) is 0 Å². The van der Waals surface area contributed by atoms with Gasteiger partial charge in [0, 0.05) is 17.9 Å². The Labute approximate surface area is 133 Å². The highest BCUT2D eigenvalue weighted by Gasteiger charge is 2.21. The normalized spacial score (nSPS) is 11.7. The van der Waals surface area contributed by atoms with Gasteiger partial charge in [-0.1, -0.05) is 42.5 Å². The lowest BCUT2D eigenvalue weighted by Gasteiger charge is -2.15. The van der Waals surface area contributed by atoms with E-state index in [0.29, 0.717) is 11.4 Å². The van der Waals surface area contributed by atoms with E-state index in [1.54, 1.807) is 18.2 Å². The quantitative estimate of drug-likeness (QED) is 0.805. The van der Waals surface area contributed by atoms with Gasteiger partial charge < -0.3 is 10.4 Å². The van der Waals surface area contributed by atoms with Gasteiger partial charge in [-0.05, 0) is 23.3 Å². The molecule has 0 aliphatic rings. The van der Waals surface area contributed by atoms with Crippen LogP contribution in [0.25, 0.3) is 0 Å². The van der Waals surface area contributed by atoms with E-state index in [4.69, 9.17) is 11.6 Å². The van der Waals surface area contributed by atoms with Crippen LogP contribution in [0.1, 0.15) is 21.5 Å². The van der Waals surface area contributed by atoms with Gasteiger partial charge in [-0.2, -0.15) is 0 Å². The third kappa shape index (κ3) is 4.33. The van der Waals surface area contributed by atoms with Crippen LogP contribution >= 0.6 is 11.6 Å². The van der Waals surface area contributed by atoms with Crippen molar-refractivity contribution in [3.63, 3.8) is 0 Å². The third-order valence-corrected chi connectivity index (χ3v) is 3.54. The molecular formula is C17H16ClNO3. The molecule has 0 saturated heterocycles. The number of rotatable bonds is 6. The van der Waals surface area contributed by atoms with Crippen LogP contribution < -0.4 is 5.32 Å². The SMILES string of the molecule is O=C(NC(Cc1ccccc1)C(=O)O)c1cccc(CCl)c1. The Kier molecular flexibility index (Phi) is 5.55. The maximum Gasteiger partial charge on any atom is 0.326 e. The molecule has 2 rings (SSSR count). The standard InChI is InChI=1S/C17H16ClNO3/c18-11-13-7-4-8-14(9-13)16(20)19-15(17(21)22)10-12-5-2-1-3-6-12/h1-9,15H,10-11H2,(H,19,20)(H,21,22). The molecule has 0 radical (unpaired) electrons. The van der Waals surface area contributed by atoms with E-state index in [0.717, 1.165) is 11.1 Å². The molecule has 2 aromatic carbocycles. The van der Waals surface area contributed by atoms with E-state index in [1.165, 1.54) is 0 Å². The topological polar surface area (TPSA) is 66.4 Å². The van der Waals surface area contributed by atoms with Crippen molar-refractivity contribution in [2.24, 2.45) is 0 Å². The van der Waals surface area contributed by atoms with Gasteiger partial charge in [-0.3, -0.25) is 4.79 Å².